The molecular weight excluding hydrogens is 222 g/mol. The van der Waals surface area contributed by atoms with Crippen molar-refractivity contribution in [3.8, 4) is 0 Å². The fourth-order valence-electron chi connectivity index (χ4n) is 1.64. The van der Waals surface area contributed by atoms with E-state index < -0.39 is 0 Å². The van der Waals surface area contributed by atoms with Gasteiger partial charge >= 0.3 is 0 Å². The van der Waals surface area contributed by atoms with Gasteiger partial charge in [-0.2, -0.15) is 0 Å². The Kier molecular flexibility index (Phi) is 3.69. The van der Waals surface area contributed by atoms with E-state index in [4.69, 9.17) is 0 Å². The van der Waals surface area contributed by atoms with Crippen molar-refractivity contribution in [2.24, 2.45) is 0 Å². The number of hydrogen-bond acceptors (Lipinski definition) is 4. The van der Waals surface area contributed by atoms with Crippen molar-refractivity contribution in [1.29, 1.82) is 0 Å². The lowest BCUT2D eigenvalue weighted by Crippen LogP contribution is -2.24. The normalized spacial score (nSPS) is 14.2. The van der Waals surface area contributed by atoms with Crippen LogP contribution in [0.3, 0.4) is 0 Å². The van der Waals surface area contributed by atoms with E-state index in [0.29, 0.717) is 13.0 Å². The van der Waals surface area contributed by atoms with Crippen molar-refractivity contribution in [1.82, 2.24) is 15.6 Å². The van der Waals surface area contributed by atoms with Gasteiger partial charge in [-0.15, -0.1) is 17.9 Å². The quantitative estimate of drug-likeness (QED) is 0.755. The second-order valence-electron chi connectivity index (χ2n) is 3.67. The van der Waals surface area contributed by atoms with Crippen LogP contribution in [0.25, 0.3) is 0 Å². The zero-order valence-corrected chi connectivity index (χ0v) is 9.90. The van der Waals surface area contributed by atoms with E-state index in [-0.39, 0.29) is 5.91 Å². The molecular formula is C11H15N3OS. The largest absolute Gasteiger partial charge is 0.352 e. The summed E-state index contributed by atoms with van der Waals surface area (Å²) in [5, 5.41) is 6.97. The molecule has 4 nitrogen and oxygen atoms in total. The topological polar surface area (TPSA) is 54.0 Å². The fourth-order valence-corrected chi connectivity index (χ4v) is 2.72. The summed E-state index contributed by atoms with van der Waals surface area (Å²) in [7, 11) is 0. The number of carbonyl (C=O) groups is 1. The number of amides is 1. The Labute approximate surface area is 98.8 Å². The Morgan fingerprint density at radius 1 is 1.69 bits per heavy atom. The van der Waals surface area contributed by atoms with Crippen LogP contribution in [0.1, 0.15) is 15.6 Å². The number of nitrogens with zero attached hydrogens (tertiary/aromatic N) is 1. The van der Waals surface area contributed by atoms with Crippen molar-refractivity contribution in [3.05, 3.63) is 28.2 Å². The van der Waals surface area contributed by atoms with Gasteiger partial charge in [0.2, 0.25) is 5.91 Å². The smallest absolute Gasteiger partial charge is 0.227 e. The summed E-state index contributed by atoms with van der Waals surface area (Å²) in [6.07, 6.45) is 3.03. The minimum absolute atomic E-state index is 0.0129. The number of hydrogen-bond donors (Lipinski definition) is 2. The van der Waals surface area contributed by atoms with Crippen LogP contribution in [0.5, 0.6) is 0 Å². The molecule has 5 heteroatoms. The van der Waals surface area contributed by atoms with Crippen LogP contribution in [-0.2, 0) is 24.2 Å². The van der Waals surface area contributed by atoms with Crippen molar-refractivity contribution >= 4 is 17.2 Å². The van der Waals surface area contributed by atoms with Gasteiger partial charge in [0.15, 0.2) is 0 Å². The van der Waals surface area contributed by atoms with E-state index in [2.05, 4.69) is 22.2 Å². The second-order valence-corrected chi connectivity index (χ2v) is 4.84. The molecule has 1 amide bonds. The third-order valence-corrected chi connectivity index (χ3v) is 3.50. The second kappa shape index (κ2) is 5.23. The minimum atomic E-state index is 0.0129. The molecule has 0 saturated carbocycles. The lowest BCUT2D eigenvalue weighted by molar-refractivity contribution is -0.120. The maximum absolute atomic E-state index is 11.5. The Morgan fingerprint density at radius 3 is 3.31 bits per heavy atom. The Hall–Kier alpha value is -1.20. The Morgan fingerprint density at radius 2 is 2.56 bits per heavy atom. The van der Waals surface area contributed by atoms with Crippen LogP contribution in [0.4, 0.5) is 0 Å². The first kappa shape index (κ1) is 11.3. The molecule has 86 valence electrons. The summed E-state index contributed by atoms with van der Waals surface area (Å²) < 4.78 is 0. The van der Waals surface area contributed by atoms with Crippen LogP contribution in [0.15, 0.2) is 12.7 Å². The molecule has 2 rings (SSSR count). The van der Waals surface area contributed by atoms with Gasteiger partial charge in [0.25, 0.3) is 0 Å². The SMILES string of the molecule is C=CCNC(=O)Cc1nc2c(s1)CNCC2. The first-order valence-corrected chi connectivity index (χ1v) is 6.17. The van der Waals surface area contributed by atoms with Gasteiger partial charge < -0.3 is 10.6 Å². The number of rotatable bonds is 4. The average Bonchev–Trinajstić information content (AvgIpc) is 2.68. The maximum atomic E-state index is 11.5. The van der Waals surface area contributed by atoms with Gasteiger partial charge in [0.1, 0.15) is 5.01 Å². The summed E-state index contributed by atoms with van der Waals surface area (Å²) in [4.78, 5) is 17.2. The molecule has 1 aromatic rings. The van der Waals surface area contributed by atoms with E-state index in [1.165, 1.54) is 4.88 Å². The van der Waals surface area contributed by atoms with Crippen LogP contribution in [0, 0.1) is 0 Å². The number of thiazole rings is 1. The highest BCUT2D eigenvalue weighted by Crippen LogP contribution is 2.21. The summed E-state index contributed by atoms with van der Waals surface area (Å²) in [6.45, 7) is 5.95. The van der Waals surface area contributed by atoms with Gasteiger partial charge in [-0.3, -0.25) is 4.79 Å². The molecule has 0 aromatic carbocycles. The molecule has 0 atom stereocenters. The average molecular weight is 237 g/mol. The van der Waals surface area contributed by atoms with E-state index in [1.54, 1.807) is 17.4 Å². The molecule has 16 heavy (non-hydrogen) atoms. The number of aromatic nitrogens is 1. The van der Waals surface area contributed by atoms with Crippen molar-refractivity contribution in [3.63, 3.8) is 0 Å². The Bertz CT molecular complexity index is 376. The Balaban J connectivity index is 1.96. The minimum Gasteiger partial charge on any atom is -0.352 e. The monoisotopic (exact) mass is 237 g/mol. The summed E-state index contributed by atoms with van der Waals surface area (Å²) >= 11 is 1.64. The van der Waals surface area contributed by atoms with Crippen LogP contribution < -0.4 is 10.6 Å². The zero-order valence-electron chi connectivity index (χ0n) is 9.08. The lowest BCUT2D eigenvalue weighted by atomic mass is 10.2. The highest BCUT2D eigenvalue weighted by atomic mass is 32.1. The molecule has 1 aliphatic rings. The van der Waals surface area contributed by atoms with Crippen LogP contribution >= 0.6 is 11.3 Å². The van der Waals surface area contributed by atoms with Crippen LogP contribution in [0.2, 0.25) is 0 Å². The van der Waals surface area contributed by atoms with Gasteiger partial charge in [0.05, 0.1) is 12.1 Å². The number of nitrogens with one attached hydrogen (secondary N) is 2. The van der Waals surface area contributed by atoms with Gasteiger partial charge in [-0.25, -0.2) is 4.98 Å². The van der Waals surface area contributed by atoms with Gasteiger partial charge in [0, 0.05) is 30.9 Å². The molecule has 0 aliphatic carbocycles. The first-order chi connectivity index (χ1) is 7.79. The molecule has 0 fully saturated rings. The number of fused-ring (bicyclic) bond motifs is 1. The van der Waals surface area contributed by atoms with E-state index >= 15 is 0 Å². The molecule has 0 spiro atoms. The summed E-state index contributed by atoms with van der Waals surface area (Å²) in [5.41, 5.74) is 1.16. The predicted octanol–water partition coefficient (Wildman–Crippen LogP) is 0.633. The molecule has 1 aromatic heterocycles. The molecule has 2 N–H and O–H groups in total. The lowest BCUT2D eigenvalue weighted by Gasteiger charge is -2.09. The van der Waals surface area contributed by atoms with E-state index in [0.717, 1.165) is 30.2 Å². The van der Waals surface area contributed by atoms with E-state index in [9.17, 15) is 4.79 Å². The first-order valence-electron chi connectivity index (χ1n) is 5.35. The molecule has 0 saturated heterocycles. The zero-order chi connectivity index (χ0) is 11.4. The molecule has 1 aliphatic heterocycles. The van der Waals surface area contributed by atoms with Gasteiger partial charge in [-0.1, -0.05) is 6.08 Å². The maximum Gasteiger partial charge on any atom is 0.227 e. The standard InChI is InChI=1S/C11H15N3OS/c1-2-4-13-10(15)6-11-14-8-3-5-12-7-9(8)16-11/h2,12H,1,3-7H2,(H,13,15). The van der Waals surface area contributed by atoms with E-state index in [1.807, 2.05) is 0 Å². The summed E-state index contributed by atoms with van der Waals surface area (Å²) in [5.74, 6) is 0.0129. The van der Waals surface area contributed by atoms with Crippen LogP contribution in [-0.4, -0.2) is 24.0 Å². The number of carbonyl (C=O) groups excluding carboxylic acids is 1. The predicted molar refractivity (Wildman–Crippen MR) is 64.4 cm³/mol. The molecule has 0 bridgehead atoms. The highest BCUT2D eigenvalue weighted by Gasteiger charge is 2.15. The van der Waals surface area contributed by atoms with Crippen molar-refractivity contribution in [2.45, 2.75) is 19.4 Å². The highest BCUT2D eigenvalue weighted by molar-refractivity contribution is 7.11. The molecule has 0 unspecified atom stereocenters. The fraction of sp³-hybridized carbons (Fsp3) is 0.455. The third kappa shape index (κ3) is 2.68. The molecule has 2 heterocycles. The van der Waals surface area contributed by atoms with Crippen molar-refractivity contribution < 1.29 is 4.79 Å². The summed E-state index contributed by atoms with van der Waals surface area (Å²) in [6, 6.07) is 0. The van der Waals surface area contributed by atoms with Gasteiger partial charge in [-0.05, 0) is 0 Å². The molecule has 0 radical (unpaired) electrons. The third-order valence-electron chi connectivity index (χ3n) is 2.40. The van der Waals surface area contributed by atoms with Crippen molar-refractivity contribution in [2.75, 3.05) is 13.1 Å².